The molecule has 1 saturated heterocycles. The van der Waals surface area contributed by atoms with Gasteiger partial charge in [0.1, 0.15) is 0 Å². The maximum atomic E-state index is 12.6. The lowest BCUT2D eigenvalue weighted by atomic mass is 9.84. The molecule has 3 N–H and O–H groups in total. The molecule has 3 atom stereocenters. The molecule has 0 aromatic heterocycles. The molecule has 0 bridgehead atoms. The molecule has 1 aromatic carbocycles. The third-order valence-corrected chi connectivity index (χ3v) is 4.58. The van der Waals surface area contributed by atoms with E-state index in [0.29, 0.717) is 19.1 Å². The zero-order valence-corrected chi connectivity index (χ0v) is 11.8. The van der Waals surface area contributed by atoms with Crippen molar-refractivity contribution in [1.29, 1.82) is 0 Å². The van der Waals surface area contributed by atoms with Crippen LogP contribution >= 0.6 is 0 Å². The van der Waals surface area contributed by atoms with Gasteiger partial charge in [0.25, 0.3) is 0 Å². The number of rotatable bonds is 4. The van der Waals surface area contributed by atoms with Crippen LogP contribution in [0.15, 0.2) is 30.3 Å². The number of carbonyl (C=O) groups excluding carboxylic acids is 1. The number of amides is 1. The summed E-state index contributed by atoms with van der Waals surface area (Å²) in [5.41, 5.74) is 6.61. The molecule has 0 radical (unpaired) electrons. The van der Waals surface area contributed by atoms with E-state index in [1.807, 2.05) is 25.1 Å². The summed E-state index contributed by atoms with van der Waals surface area (Å²) in [7, 11) is 0. The molecule has 1 amide bonds. The second kappa shape index (κ2) is 5.19. The zero-order chi connectivity index (χ0) is 14.2. The molecule has 3 unspecified atom stereocenters. The van der Waals surface area contributed by atoms with Crippen LogP contribution in [0.3, 0.4) is 0 Å². The molecule has 0 spiro atoms. The van der Waals surface area contributed by atoms with Gasteiger partial charge >= 0.3 is 0 Å². The lowest BCUT2D eigenvalue weighted by molar-refractivity contribution is -0.131. The smallest absolute Gasteiger partial charge is 0.230 e. The Hall–Kier alpha value is -1.39. The standard InChI is InChI=1S/C16H22N2O2/c1-16(10-20-9-13(16)17)15(19)18-14(12-7-8-12)11-5-3-2-4-6-11/h2-6,12-14H,7-10,17H2,1H3,(H,18,19). The quantitative estimate of drug-likeness (QED) is 0.877. The third-order valence-electron chi connectivity index (χ3n) is 4.58. The Bertz CT molecular complexity index is 487. The van der Waals surface area contributed by atoms with Crippen molar-refractivity contribution in [3.05, 3.63) is 35.9 Å². The molecule has 1 aromatic rings. The Balaban J connectivity index is 1.76. The molecule has 4 nitrogen and oxygen atoms in total. The fourth-order valence-corrected chi connectivity index (χ4v) is 2.79. The maximum absolute atomic E-state index is 12.6. The minimum atomic E-state index is -0.609. The SMILES string of the molecule is CC1(C(=O)NC(c2ccccc2)C2CC2)COCC1N. The first kappa shape index (κ1) is 13.6. The van der Waals surface area contributed by atoms with Crippen molar-refractivity contribution >= 4 is 5.91 Å². The van der Waals surface area contributed by atoms with Gasteiger partial charge in [-0.15, -0.1) is 0 Å². The van der Waals surface area contributed by atoms with Crippen LogP contribution in [0.1, 0.15) is 31.4 Å². The maximum Gasteiger partial charge on any atom is 0.230 e. The molecule has 4 heteroatoms. The van der Waals surface area contributed by atoms with Crippen molar-refractivity contribution < 1.29 is 9.53 Å². The van der Waals surface area contributed by atoms with E-state index in [9.17, 15) is 4.79 Å². The summed E-state index contributed by atoms with van der Waals surface area (Å²) in [6.45, 7) is 2.77. The summed E-state index contributed by atoms with van der Waals surface area (Å²) in [5.74, 6) is 0.576. The summed E-state index contributed by atoms with van der Waals surface area (Å²) >= 11 is 0. The van der Waals surface area contributed by atoms with Crippen molar-refractivity contribution in [3.63, 3.8) is 0 Å². The molecule has 3 rings (SSSR count). The fraction of sp³-hybridized carbons (Fsp3) is 0.562. The van der Waals surface area contributed by atoms with Gasteiger partial charge in [-0.1, -0.05) is 30.3 Å². The van der Waals surface area contributed by atoms with Crippen LogP contribution in [0, 0.1) is 11.3 Å². The van der Waals surface area contributed by atoms with E-state index < -0.39 is 5.41 Å². The molecule has 1 saturated carbocycles. The van der Waals surface area contributed by atoms with Crippen molar-refractivity contribution in [2.24, 2.45) is 17.1 Å². The van der Waals surface area contributed by atoms with Gasteiger partial charge in [-0.3, -0.25) is 4.79 Å². The highest BCUT2D eigenvalue weighted by molar-refractivity contribution is 5.84. The van der Waals surface area contributed by atoms with E-state index in [0.717, 1.165) is 0 Å². The van der Waals surface area contributed by atoms with E-state index in [4.69, 9.17) is 10.5 Å². The first-order valence-electron chi connectivity index (χ1n) is 7.30. The van der Waals surface area contributed by atoms with Gasteiger partial charge in [0.2, 0.25) is 5.91 Å². The second-order valence-corrected chi connectivity index (χ2v) is 6.24. The predicted octanol–water partition coefficient (Wildman–Crippen LogP) is 1.62. The molecule has 2 fully saturated rings. The molecular weight excluding hydrogens is 252 g/mol. The summed E-state index contributed by atoms with van der Waals surface area (Å²) < 4.78 is 5.37. The molecule has 108 valence electrons. The van der Waals surface area contributed by atoms with Crippen LogP contribution in [-0.2, 0) is 9.53 Å². The number of hydrogen-bond donors (Lipinski definition) is 2. The highest BCUT2D eigenvalue weighted by atomic mass is 16.5. The van der Waals surface area contributed by atoms with E-state index in [-0.39, 0.29) is 18.0 Å². The number of nitrogens with one attached hydrogen (secondary N) is 1. The minimum absolute atomic E-state index is 0.0169. The number of carbonyl (C=O) groups is 1. The molecule has 2 aliphatic rings. The van der Waals surface area contributed by atoms with E-state index in [1.54, 1.807) is 0 Å². The Labute approximate surface area is 119 Å². The van der Waals surface area contributed by atoms with Gasteiger partial charge in [-0.25, -0.2) is 0 Å². The predicted molar refractivity (Wildman–Crippen MR) is 77.0 cm³/mol. The monoisotopic (exact) mass is 274 g/mol. The van der Waals surface area contributed by atoms with Gasteiger partial charge < -0.3 is 15.8 Å². The van der Waals surface area contributed by atoms with Crippen molar-refractivity contribution in [3.8, 4) is 0 Å². The minimum Gasteiger partial charge on any atom is -0.379 e. The van der Waals surface area contributed by atoms with E-state index >= 15 is 0 Å². The van der Waals surface area contributed by atoms with Crippen LogP contribution in [0.25, 0.3) is 0 Å². The van der Waals surface area contributed by atoms with Crippen LogP contribution in [0.2, 0.25) is 0 Å². The Morgan fingerprint density at radius 1 is 1.40 bits per heavy atom. The Kier molecular flexibility index (Phi) is 3.52. The van der Waals surface area contributed by atoms with Crippen LogP contribution in [-0.4, -0.2) is 25.2 Å². The first-order valence-corrected chi connectivity index (χ1v) is 7.30. The topological polar surface area (TPSA) is 64.3 Å². The molecule has 20 heavy (non-hydrogen) atoms. The summed E-state index contributed by atoms with van der Waals surface area (Å²) in [5, 5.41) is 3.21. The van der Waals surface area contributed by atoms with Gasteiger partial charge in [0.05, 0.1) is 24.7 Å². The third kappa shape index (κ3) is 2.45. The normalized spacial score (nSPS) is 31.0. The first-order chi connectivity index (χ1) is 9.61. The lowest BCUT2D eigenvalue weighted by Crippen LogP contribution is -2.50. The summed E-state index contributed by atoms with van der Waals surface area (Å²) in [6, 6.07) is 10.1. The molecule has 1 aliphatic carbocycles. The average molecular weight is 274 g/mol. The van der Waals surface area contributed by atoms with E-state index in [2.05, 4.69) is 17.4 Å². The zero-order valence-electron chi connectivity index (χ0n) is 11.8. The van der Waals surface area contributed by atoms with Gasteiger partial charge in [-0.2, -0.15) is 0 Å². The van der Waals surface area contributed by atoms with E-state index in [1.165, 1.54) is 18.4 Å². The second-order valence-electron chi connectivity index (χ2n) is 6.24. The molecular formula is C16H22N2O2. The Morgan fingerprint density at radius 3 is 2.65 bits per heavy atom. The summed E-state index contributed by atoms with van der Waals surface area (Å²) in [6.07, 6.45) is 2.36. The van der Waals surface area contributed by atoms with Gasteiger partial charge in [0, 0.05) is 6.04 Å². The molecule has 1 aliphatic heterocycles. The fourth-order valence-electron chi connectivity index (χ4n) is 2.79. The summed E-state index contributed by atoms with van der Waals surface area (Å²) in [4.78, 5) is 12.6. The van der Waals surface area contributed by atoms with Crippen molar-refractivity contribution in [2.75, 3.05) is 13.2 Å². The van der Waals surface area contributed by atoms with Crippen LogP contribution < -0.4 is 11.1 Å². The van der Waals surface area contributed by atoms with Gasteiger partial charge in [0.15, 0.2) is 0 Å². The number of benzene rings is 1. The number of nitrogens with two attached hydrogens (primary N) is 1. The highest BCUT2D eigenvalue weighted by Crippen LogP contribution is 2.41. The van der Waals surface area contributed by atoms with Crippen LogP contribution in [0.4, 0.5) is 0 Å². The van der Waals surface area contributed by atoms with Crippen molar-refractivity contribution in [2.45, 2.75) is 31.8 Å². The number of ether oxygens (including phenoxy) is 1. The van der Waals surface area contributed by atoms with Crippen LogP contribution in [0.5, 0.6) is 0 Å². The van der Waals surface area contributed by atoms with Crippen molar-refractivity contribution in [1.82, 2.24) is 5.32 Å². The number of hydrogen-bond acceptors (Lipinski definition) is 3. The lowest BCUT2D eigenvalue weighted by Gasteiger charge is -2.29. The largest absolute Gasteiger partial charge is 0.379 e. The molecule has 1 heterocycles. The Morgan fingerprint density at radius 2 is 2.10 bits per heavy atom. The highest BCUT2D eigenvalue weighted by Gasteiger charge is 2.46. The average Bonchev–Trinajstić information content (AvgIpc) is 3.24. The van der Waals surface area contributed by atoms with Gasteiger partial charge in [-0.05, 0) is 31.2 Å².